The van der Waals surface area contributed by atoms with Crippen molar-refractivity contribution in [2.45, 2.75) is 20.4 Å². The molecule has 0 bridgehead atoms. The standard InChI is InChI=1S/C16H15FN2S/c1-10-7-11(2)15-14(8-10)20-16(19-15)18-9-12-5-3-4-6-13(12)17/h3-8H,9H2,1-2H3,(H,18,19). The zero-order chi connectivity index (χ0) is 14.1. The lowest BCUT2D eigenvalue weighted by Crippen LogP contribution is -2.00. The highest BCUT2D eigenvalue weighted by molar-refractivity contribution is 7.22. The van der Waals surface area contributed by atoms with Gasteiger partial charge in [0.2, 0.25) is 0 Å². The molecule has 0 fully saturated rings. The van der Waals surface area contributed by atoms with Crippen molar-refractivity contribution in [3.05, 3.63) is 58.9 Å². The van der Waals surface area contributed by atoms with Gasteiger partial charge in [-0.15, -0.1) is 0 Å². The SMILES string of the molecule is Cc1cc(C)c2nc(NCc3ccccc3F)sc2c1. The third kappa shape index (κ3) is 2.51. The van der Waals surface area contributed by atoms with Crippen molar-refractivity contribution in [3.63, 3.8) is 0 Å². The minimum atomic E-state index is -0.187. The number of nitrogens with zero attached hydrogens (tertiary/aromatic N) is 1. The van der Waals surface area contributed by atoms with Crippen LogP contribution in [0, 0.1) is 19.7 Å². The van der Waals surface area contributed by atoms with Gasteiger partial charge < -0.3 is 5.32 Å². The minimum Gasteiger partial charge on any atom is -0.357 e. The molecule has 0 spiro atoms. The van der Waals surface area contributed by atoms with E-state index in [0.717, 1.165) is 10.6 Å². The number of fused-ring (bicyclic) bond motifs is 1. The summed E-state index contributed by atoms with van der Waals surface area (Å²) in [6.45, 7) is 4.60. The lowest BCUT2D eigenvalue weighted by atomic mass is 10.1. The minimum absolute atomic E-state index is 0.187. The first-order valence-corrected chi connectivity index (χ1v) is 7.30. The van der Waals surface area contributed by atoms with Crippen molar-refractivity contribution in [2.24, 2.45) is 0 Å². The number of anilines is 1. The number of benzene rings is 2. The summed E-state index contributed by atoms with van der Waals surface area (Å²) in [7, 11) is 0. The number of aryl methyl sites for hydroxylation is 2. The first-order valence-electron chi connectivity index (χ1n) is 6.48. The van der Waals surface area contributed by atoms with Crippen molar-refractivity contribution in [1.29, 1.82) is 0 Å². The topological polar surface area (TPSA) is 24.9 Å². The molecule has 0 saturated carbocycles. The quantitative estimate of drug-likeness (QED) is 0.757. The highest BCUT2D eigenvalue weighted by atomic mass is 32.1. The molecule has 1 heterocycles. The number of aromatic nitrogens is 1. The van der Waals surface area contributed by atoms with Gasteiger partial charge >= 0.3 is 0 Å². The molecule has 0 aliphatic carbocycles. The molecule has 1 N–H and O–H groups in total. The van der Waals surface area contributed by atoms with E-state index in [2.05, 4.69) is 36.3 Å². The fourth-order valence-corrected chi connectivity index (χ4v) is 3.30. The summed E-state index contributed by atoms with van der Waals surface area (Å²) in [5.41, 5.74) is 4.09. The number of hydrogen-bond donors (Lipinski definition) is 1. The van der Waals surface area contributed by atoms with Gasteiger partial charge in [-0.05, 0) is 37.1 Å². The molecule has 20 heavy (non-hydrogen) atoms. The van der Waals surface area contributed by atoms with Gasteiger partial charge in [0.25, 0.3) is 0 Å². The van der Waals surface area contributed by atoms with Gasteiger partial charge in [-0.3, -0.25) is 0 Å². The van der Waals surface area contributed by atoms with Crippen LogP contribution in [-0.2, 0) is 6.54 Å². The molecule has 1 aromatic heterocycles. The summed E-state index contributed by atoms with van der Waals surface area (Å²) in [5, 5.41) is 4.04. The van der Waals surface area contributed by atoms with Crippen molar-refractivity contribution >= 4 is 26.7 Å². The molecule has 2 nitrogen and oxygen atoms in total. The predicted octanol–water partition coefficient (Wildman–Crippen LogP) is 4.66. The van der Waals surface area contributed by atoms with Gasteiger partial charge in [-0.1, -0.05) is 35.6 Å². The Bertz CT molecular complexity index is 764. The van der Waals surface area contributed by atoms with Gasteiger partial charge in [0.05, 0.1) is 10.2 Å². The Balaban J connectivity index is 1.85. The van der Waals surface area contributed by atoms with Gasteiger partial charge in [0, 0.05) is 12.1 Å². The average molecular weight is 286 g/mol. The van der Waals surface area contributed by atoms with Crippen molar-refractivity contribution in [1.82, 2.24) is 4.98 Å². The molecule has 3 aromatic rings. The van der Waals surface area contributed by atoms with E-state index in [0.29, 0.717) is 12.1 Å². The number of halogens is 1. The highest BCUT2D eigenvalue weighted by Gasteiger charge is 2.07. The Morgan fingerprint density at radius 1 is 1.20 bits per heavy atom. The maximum absolute atomic E-state index is 13.6. The summed E-state index contributed by atoms with van der Waals surface area (Å²) in [6, 6.07) is 11.1. The van der Waals surface area contributed by atoms with Crippen LogP contribution in [-0.4, -0.2) is 4.98 Å². The van der Waals surface area contributed by atoms with E-state index >= 15 is 0 Å². The molecule has 0 aliphatic heterocycles. The van der Waals surface area contributed by atoms with Gasteiger partial charge in [-0.2, -0.15) is 0 Å². The molecule has 0 unspecified atom stereocenters. The maximum Gasteiger partial charge on any atom is 0.184 e. The van der Waals surface area contributed by atoms with E-state index in [-0.39, 0.29) is 5.82 Å². The van der Waals surface area contributed by atoms with Crippen LogP contribution in [0.1, 0.15) is 16.7 Å². The molecule has 0 amide bonds. The predicted molar refractivity (Wildman–Crippen MR) is 82.8 cm³/mol. The van der Waals surface area contributed by atoms with Crippen LogP contribution in [0.15, 0.2) is 36.4 Å². The second-order valence-corrected chi connectivity index (χ2v) is 5.92. The first-order chi connectivity index (χ1) is 9.63. The molecule has 2 aromatic carbocycles. The number of rotatable bonds is 3. The van der Waals surface area contributed by atoms with E-state index in [1.54, 1.807) is 23.5 Å². The Morgan fingerprint density at radius 3 is 2.80 bits per heavy atom. The summed E-state index contributed by atoms with van der Waals surface area (Å²) in [4.78, 5) is 4.58. The van der Waals surface area contributed by atoms with Crippen LogP contribution in [0.3, 0.4) is 0 Å². The van der Waals surface area contributed by atoms with E-state index in [1.165, 1.54) is 21.9 Å². The normalized spacial score (nSPS) is 10.9. The van der Waals surface area contributed by atoms with E-state index in [1.807, 2.05) is 6.07 Å². The highest BCUT2D eigenvalue weighted by Crippen LogP contribution is 2.29. The van der Waals surface area contributed by atoms with Gasteiger partial charge in [0.1, 0.15) is 5.82 Å². The Kier molecular flexibility index (Phi) is 3.40. The molecular formula is C16H15FN2S. The zero-order valence-corrected chi connectivity index (χ0v) is 12.2. The van der Waals surface area contributed by atoms with Crippen molar-refractivity contribution < 1.29 is 4.39 Å². The molecule has 0 saturated heterocycles. The number of hydrogen-bond acceptors (Lipinski definition) is 3. The Labute approximate surface area is 121 Å². The lowest BCUT2D eigenvalue weighted by Gasteiger charge is -2.03. The first kappa shape index (κ1) is 13.1. The molecule has 0 atom stereocenters. The monoisotopic (exact) mass is 286 g/mol. The van der Waals surface area contributed by atoms with Crippen molar-refractivity contribution in [3.8, 4) is 0 Å². The second kappa shape index (κ2) is 5.21. The summed E-state index contributed by atoms with van der Waals surface area (Å²) < 4.78 is 14.7. The van der Waals surface area contributed by atoms with Crippen LogP contribution in [0.4, 0.5) is 9.52 Å². The molecule has 102 valence electrons. The molecular weight excluding hydrogens is 271 g/mol. The molecule has 4 heteroatoms. The summed E-state index contributed by atoms with van der Waals surface area (Å²) in [6.07, 6.45) is 0. The second-order valence-electron chi connectivity index (χ2n) is 4.89. The van der Waals surface area contributed by atoms with Crippen LogP contribution in [0.2, 0.25) is 0 Å². The molecule has 3 rings (SSSR count). The Hall–Kier alpha value is -1.94. The summed E-state index contributed by atoms with van der Waals surface area (Å²) in [5.74, 6) is -0.187. The molecule has 0 radical (unpaired) electrons. The van der Waals surface area contributed by atoms with Crippen molar-refractivity contribution in [2.75, 3.05) is 5.32 Å². The average Bonchev–Trinajstić information content (AvgIpc) is 2.81. The van der Waals surface area contributed by atoms with Crippen LogP contribution < -0.4 is 5.32 Å². The number of thiazole rings is 1. The zero-order valence-electron chi connectivity index (χ0n) is 11.4. The molecule has 0 aliphatic rings. The fourth-order valence-electron chi connectivity index (χ4n) is 2.26. The number of nitrogens with one attached hydrogen (secondary N) is 1. The van der Waals surface area contributed by atoms with E-state index < -0.39 is 0 Å². The van der Waals surface area contributed by atoms with Gasteiger partial charge in [-0.25, -0.2) is 9.37 Å². The van der Waals surface area contributed by atoms with E-state index in [4.69, 9.17) is 0 Å². The fraction of sp³-hybridized carbons (Fsp3) is 0.188. The third-order valence-corrected chi connectivity index (χ3v) is 4.18. The third-order valence-electron chi connectivity index (χ3n) is 3.22. The van der Waals surface area contributed by atoms with Crippen LogP contribution in [0.25, 0.3) is 10.2 Å². The summed E-state index contributed by atoms with van der Waals surface area (Å²) >= 11 is 1.61. The van der Waals surface area contributed by atoms with Crippen LogP contribution >= 0.6 is 11.3 Å². The largest absolute Gasteiger partial charge is 0.357 e. The van der Waals surface area contributed by atoms with Gasteiger partial charge in [0.15, 0.2) is 5.13 Å². The van der Waals surface area contributed by atoms with Crippen LogP contribution in [0.5, 0.6) is 0 Å². The lowest BCUT2D eigenvalue weighted by molar-refractivity contribution is 0.613. The maximum atomic E-state index is 13.6. The Morgan fingerprint density at radius 2 is 2.00 bits per heavy atom. The smallest absolute Gasteiger partial charge is 0.184 e. The van der Waals surface area contributed by atoms with E-state index in [9.17, 15) is 4.39 Å².